The molecule has 0 unspecified atom stereocenters. The number of esters is 1. The molecule has 1 heterocycles. The number of hydrogen-bond donors (Lipinski definition) is 0. The van der Waals surface area contributed by atoms with Gasteiger partial charge in [-0.2, -0.15) is 0 Å². The molecule has 0 spiro atoms. The fraction of sp³-hybridized carbons (Fsp3) is 0.524. The highest BCUT2D eigenvalue weighted by molar-refractivity contribution is 5.89. The van der Waals surface area contributed by atoms with Gasteiger partial charge in [0, 0.05) is 19.2 Å². The highest BCUT2D eigenvalue weighted by Crippen LogP contribution is 2.38. The molecule has 1 fully saturated rings. The topological polar surface area (TPSA) is 74.3 Å². The average molecular weight is 391 g/mol. The molecule has 0 bridgehead atoms. The molecule has 0 radical (unpaired) electrons. The summed E-state index contributed by atoms with van der Waals surface area (Å²) in [7, 11) is 4.56. The average Bonchev–Trinajstić information content (AvgIpc) is 2.68. The van der Waals surface area contributed by atoms with Crippen molar-refractivity contribution in [1.29, 1.82) is 0 Å². The Balaban J connectivity index is 1.95. The van der Waals surface area contributed by atoms with Gasteiger partial charge in [0.05, 0.1) is 21.3 Å². The summed E-state index contributed by atoms with van der Waals surface area (Å²) in [5.41, 5.74) is 0.677. The molecule has 7 nitrogen and oxygen atoms in total. The van der Waals surface area contributed by atoms with Gasteiger partial charge in [0.25, 0.3) is 5.91 Å². The quantitative estimate of drug-likeness (QED) is 0.526. The highest BCUT2D eigenvalue weighted by Gasteiger charge is 2.25. The second kappa shape index (κ2) is 10.0. The molecule has 154 valence electrons. The second-order valence-electron chi connectivity index (χ2n) is 7.14. The molecule has 1 aliphatic rings. The molecule has 0 aliphatic carbocycles. The molecule has 0 N–H and O–H groups in total. The fourth-order valence-corrected chi connectivity index (χ4v) is 3.50. The molecule has 28 heavy (non-hydrogen) atoms. The van der Waals surface area contributed by atoms with E-state index >= 15 is 0 Å². The number of likely N-dealkylation sites (tertiary alicyclic amines) is 1. The summed E-state index contributed by atoms with van der Waals surface area (Å²) >= 11 is 0. The molecule has 1 amide bonds. The number of piperidine rings is 1. The predicted octanol–water partition coefficient (Wildman–Crippen LogP) is 2.77. The lowest BCUT2D eigenvalue weighted by Gasteiger charge is -2.34. The lowest BCUT2D eigenvalue weighted by atomic mass is 9.92. The van der Waals surface area contributed by atoms with Crippen molar-refractivity contribution in [3.63, 3.8) is 0 Å². The first-order chi connectivity index (χ1) is 13.4. The number of methoxy groups -OCH3 is 3. The lowest BCUT2D eigenvalue weighted by molar-refractivity contribution is -0.149. The first-order valence-corrected chi connectivity index (χ1v) is 9.30. The zero-order chi connectivity index (χ0) is 20.7. The Morgan fingerprint density at radius 1 is 1.04 bits per heavy atom. The molecule has 1 aromatic carbocycles. The molecule has 1 aliphatic heterocycles. The Labute approximate surface area is 166 Å². The minimum Gasteiger partial charge on any atom is -0.493 e. The zero-order valence-electron chi connectivity index (χ0n) is 17.2. The van der Waals surface area contributed by atoms with Crippen molar-refractivity contribution in [2.24, 2.45) is 11.8 Å². The summed E-state index contributed by atoms with van der Waals surface area (Å²) < 4.78 is 20.9. The van der Waals surface area contributed by atoms with Crippen LogP contribution in [-0.2, 0) is 14.3 Å². The van der Waals surface area contributed by atoms with Crippen molar-refractivity contribution in [3.05, 3.63) is 23.8 Å². The summed E-state index contributed by atoms with van der Waals surface area (Å²) in [6, 6.07) is 3.43. The summed E-state index contributed by atoms with van der Waals surface area (Å²) in [6.07, 6.45) is 3.96. The molecule has 7 heteroatoms. The van der Waals surface area contributed by atoms with Crippen molar-refractivity contribution in [3.8, 4) is 17.2 Å². The van der Waals surface area contributed by atoms with E-state index in [1.54, 1.807) is 23.1 Å². The van der Waals surface area contributed by atoms with E-state index in [-0.39, 0.29) is 12.5 Å². The third-order valence-electron chi connectivity index (χ3n) is 4.66. The number of ether oxygens (including phenoxy) is 4. The van der Waals surface area contributed by atoms with Crippen LogP contribution in [0.15, 0.2) is 18.2 Å². The Kier molecular flexibility index (Phi) is 7.72. The summed E-state index contributed by atoms with van der Waals surface area (Å²) in [6.45, 7) is 5.42. The normalized spacial score (nSPS) is 19.4. The van der Waals surface area contributed by atoms with Gasteiger partial charge in [0.15, 0.2) is 18.1 Å². The van der Waals surface area contributed by atoms with E-state index in [9.17, 15) is 9.59 Å². The van der Waals surface area contributed by atoms with Crippen molar-refractivity contribution in [1.82, 2.24) is 4.90 Å². The van der Waals surface area contributed by atoms with E-state index < -0.39 is 5.97 Å². The predicted molar refractivity (Wildman–Crippen MR) is 106 cm³/mol. The van der Waals surface area contributed by atoms with E-state index in [0.29, 0.717) is 47.7 Å². The van der Waals surface area contributed by atoms with E-state index in [2.05, 4.69) is 13.8 Å². The van der Waals surface area contributed by atoms with E-state index in [0.717, 1.165) is 6.42 Å². The number of benzene rings is 1. The zero-order valence-corrected chi connectivity index (χ0v) is 17.2. The Bertz CT molecular complexity index is 695. The van der Waals surface area contributed by atoms with Crippen LogP contribution in [-0.4, -0.2) is 57.8 Å². The maximum absolute atomic E-state index is 12.3. The summed E-state index contributed by atoms with van der Waals surface area (Å²) in [5.74, 6) is 1.62. The van der Waals surface area contributed by atoms with Crippen LogP contribution in [0.2, 0.25) is 0 Å². The van der Waals surface area contributed by atoms with E-state index in [1.165, 1.54) is 27.4 Å². The molecule has 0 saturated carbocycles. The van der Waals surface area contributed by atoms with Gasteiger partial charge >= 0.3 is 5.97 Å². The molecular weight excluding hydrogens is 362 g/mol. The molecular formula is C21H29NO6. The van der Waals surface area contributed by atoms with Gasteiger partial charge < -0.3 is 23.8 Å². The van der Waals surface area contributed by atoms with Crippen molar-refractivity contribution >= 4 is 18.0 Å². The van der Waals surface area contributed by atoms with Crippen molar-refractivity contribution < 1.29 is 28.5 Å². The lowest BCUT2D eigenvalue weighted by Crippen LogP contribution is -2.44. The molecule has 0 aromatic heterocycles. The van der Waals surface area contributed by atoms with Gasteiger partial charge in [-0.05, 0) is 42.0 Å². The van der Waals surface area contributed by atoms with Crippen LogP contribution in [0, 0.1) is 11.8 Å². The first-order valence-electron chi connectivity index (χ1n) is 9.30. The van der Waals surface area contributed by atoms with E-state index in [4.69, 9.17) is 18.9 Å². The van der Waals surface area contributed by atoms with Crippen LogP contribution in [0.4, 0.5) is 0 Å². The number of carbonyl (C=O) groups excluding carboxylic acids is 2. The van der Waals surface area contributed by atoms with Crippen LogP contribution >= 0.6 is 0 Å². The van der Waals surface area contributed by atoms with Crippen LogP contribution in [0.3, 0.4) is 0 Å². The third kappa shape index (κ3) is 5.65. The molecule has 1 saturated heterocycles. The van der Waals surface area contributed by atoms with Gasteiger partial charge in [0.2, 0.25) is 5.75 Å². The monoisotopic (exact) mass is 391 g/mol. The van der Waals surface area contributed by atoms with Crippen molar-refractivity contribution in [2.45, 2.75) is 20.3 Å². The molecule has 2 rings (SSSR count). The highest BCUT2D eigenvalue weighted by atomic mass is 16.5. The number of amides is 1. The largest absolute Gasteiger partial charge is 0.493 e. The van der Waals surface area contributed by atoms with Gasteiger partial charge in [0.1, 0.15) is 0 Å². The van der Waals surface area contributed by atoms with Crippen LogP contribution in [0.5, 0.6) is 17.2 Å². The fourth-order valence-electron chi connectivity index (χ4n) is 3.50. The number of hydrogen-bond acceptors (Lipinski definition) is 6. The number of nitrogens with zero attached hydrogens (tertiary/aromatic N) is 1. The Hall–Kier alpha value is -2.70. The standard InChI is InChI=1S/C21H29NO6/c1-14-8-15(2)12-22(11-14)19(23)13-28-20(24)7-6-16-9-17(25-3)21(27-5)18(10-16)26-4/h6-7,9-10,14-15H,8,11-13H2,1-5H3/b7-6+/t14-,15-/m1/s1. The Morgan fingerprint density at radius 3 is 2.11 bits per heavy atom. The summed E-state index contributed by atoms with van der Waals surface area (Å²) in [5, 5.41) is 0. The smallest absolute Gasteiger partial charge is 0.331 e. The van der Waals surface area contributed by atoms with Gasteiger partial charge in [-0.1, -0.05) is 13.8 Å². The second-order valence-corrected chi connectivity index (χ2v) is 7.14. The third-order valence-corrected chi connectivity index (χ3v) is 4.66. The van der Waals surface area contributed by atoms with Crippen LogP contribution in [0.1, 0.15) is 25.8 Å². The molecule has 1 aromatic rings. The van der Waals surface area contributed by atoms with Crippen molar-refractivity contribution in [2.75, 3.05) is 41.0 Å². The van der Waals surface area contributed by atoms with Gasteiger partial charge in [-0.25, -0.2) is 4.79 Å². The minimum absolute atomic E-state index is 0.159. The maximum Gasteiger partial charge on any atom is 0.331 e. The number of carbonyl (C=O) groups is 2. The SMILES string of the molecule is COc1cc(/C=C/C(=O)OCC(=O)N2C[C@H](C)C[C@@H](C)C2)cc(OC)c1OC. The van der Waals surface area contributed by atoms with Crippen LogP contribution < -0.4 is 14.2 Å². The molecule has 2 atom stereocenters. The Morgan fingerprint density at radius 2 is 1.61 bits per heavy atom. The van der Waals surface area contributed by atoms with E-state index in [1.807, 2.05) is 0 Å². The number of rotatable bonds is 7. The minimum atomic E-state index is -0.583. The first kappa shape index (κ1) is 21.6. The maximum atomic E-state index is 12.3. The van der Waals surface area contributed by atoms with Gasteiger partial charge in [-0.3, -0.25) is 4.79 Å². The summed E-state index contributed by atoms with van der Waals surface area (Å²) in [4.78, 5) is 26.1. The van der Waals surface area contributed by atoms with Crippen LogP contribution in [0.25, 0.3) is 6.08 Å². The van der Waals surface area contributed by atoms with Gasteiger partial charge in [-0.15, -0.1) is 0 Å².